The number of fused-ring (bicyclic) bond motifs is 1. The van der Waals surface area contributed by atoms with Gasteiger partial charge in [0.25, 0.3) is 0 Å². The summed E-state index contributed by atoms with van der Waals surface area (Å²) in [5, 5.41) is 0. The van der Waals surface area contributed by atoms with Crippen LogP contribution in [0.1, 0.15) is 21.7 Å². The largest absolute Gasteiger partial charge is 0.459 e. The highest BCUT2D eigenvalue weighted by atomic mass is 32.1. The second-order valence-corrected chi connectivity index (χ2v) is 5.75. The average molecular weight is 286 g/mol. The van der Waals surface area contributed by atoms with Crippen molar-refractivity contribution in [3.05, 3.63) is 52.2 Å². The van der Waals surface area contributed by atoms with Gasteiger partial charge < -0.3 is 8.98 Å². The number of rotatable bonds is 1. The van der Waals surface area contributed by atoms with Crippen molar-refractivity contribution in [1.29, 1.82) is 0 Å². The minimum Gasteiger partial charge on any atom is -0.459 e. The average Bonchev–Trinajstić information content (AvgIpc) is 3.01. The van der Waals surface area contributed by atoms with E-state index in [0.29, 0.717) is 4.80 Å². The number of hydrogen-bond donors (Lipinski definition) is 0. The highest BCUT2D eigenvalue weighted by Crippen LogP contribution is 2.22. The molecule has 3 rings (SSSR count). The number of benzene rings is 1. The summed E-state index contributed by atoms with van der Waals surface area (Å²) in [6.45, 7) is 4.14. The molecule has 0 N–H and O–H groups in total. The predicted molar refractivity (Wildman–Crippen MR) is 78.9 cm³/mol. The van der Waals surface area contributed by atoms with Crippen LogP contribution in [-0.2, 0) is 7.05 Å². The van der Waals surface area contributed by atoms with Crippen LogP contribution in [0.2, 0.25) is 0 Å². The Morgan fingerprint density at radius 3 is 2.85 bits per heavy atom. The molecule has 3 aromatic rings. The molecule has 0 aliphatic rings. The first-order valence-corrected chi connectivity index (χ1v) is 7.07. The molecule has 20 heavy (non-hydrogen) atoms. The van der Waals surface area contributed by atoms with E-state index >= 15 is 0 Å². The zero-order chi connectivity index (χ0) is 14.3. The first-order valence-electron chi connectivity index (χ1n) is 6.25. The Balaban J connectivity index is 2.20. The number of amides is 1. The van der Waals surface area contributed by atoms with Gasteiger partial charge in [0.1, 0.15) is 0 Å². The van der Waals surface area contributed by atoms with Crippen LogP contribution in [0.25, 0.3) is 10.2 Å². The van der Waals surface area contributed by atoms with E-state index in [1.165, 1.54) is 28.7 Å². The van der Waals surface area contributed by atoms with Gasteiger partial charge in [-0.15, -0.1) is 0 Å². The second kappa shape index (κ2) is 4.76. The van der Waals surface area contributed by atoms with E-state index in [2.05, 4.69) is 31.0 Å². The lowest BCUT2D eigenvalue weighted by molar-refractivity contribution is 0.0971. The molecule has 0 saturated heterocycles. The lowest BCUT2D eigenvalue weighted by atomic mass is 10.1. The van der Waals surface area contributed by atoms with Gasteiger partial charge in [-0.2, -0.15) is 4.99 Å². The Morgan fingerprint density at radius 2 is 2.15 bits per heavy atom. The molecule has 5 heteroatoms. The minimum atomic E-state index is -0.355. The van der Waals surface area contributed by atoms with E-state index in [-0.39, 0.29) is 11.7 Å². The molecular formula is C15H14N2O2S. The topological polar surface area (TPSA) is 47.5 Å². The smallest absolute Gasteiger partial charge is 0.315 e. The number of aromatic nitrogens is 1. The highest BCUT2D eigenvalue weighted by Gasteiger charge is 2.10. The Morgan fingerprint density at radius 1 is 1.35 bits per heavy atom. The van der Waals surface area contributed by atoms with Crippen LogP contribution in [0.15, 0.2) is 39.9 Å². The molecule has 0 unspecified atom stereocenters. The van der Waals surface area contributed by atoms with Gasteiger partial charge in [-0.3, -0.25) is 4.79 Å². The van der Waals surface area contributed by atoms with E-state index in [1.807, 2.05) is 11.6 Å². The molecular weight excluding hydrogens is 272 g/mol. The molecule has 2 heterocycles. The number of aryl methyl sites for hydroxylation is 3. The Bertz CT molecular complexity index is 854. The third-order valence-electron chi connectivity index (χ3n) is 3.17. The lowest BCUT2D eigenvalue weighted by Gasteiger charge is -2.00. The highest BCUT2D eigenvalue weighted by molar-refractivity contribution is 7.16. The summed E-state index contributed by atoms with van der Waals surface area (Å²) >= 11 is 1.52. The molecule has 0 spiro atoms. The van der Waals surface area contributed by atoms with Crippen LogP contribution in [0.3, 0.4) is 0 Å². The molecule has 0 aliphatic carbocycles. The summed E-state index contributed by atoms with van der Waals surface area (Å²) in [6, 6.07) is 7.54. The van der Waals surface area contributed by atoms with E-state index in [0.717, 1.165) is 10.2 Å². The van der Waals surface area contributed by atoms with Crippen molar-refractivity contribution in [1.82, 2.24) is 4.57 Å². The first-order chi connectivity index (χ1) is 9.56. The zero-order valence-corrected chi connectivity index (χ0v) is 12.3. The molecule has 0 atom stereocenters. The lowest BCUT2D eigenvalue weighted by Crippen LogP contribution is -2.13. The molecule has 4 nitrogen and oxygen atoms in total. The van der Waals surface area contributed by atoms with Crippen molar-refractivity contribution in [2.45, 2.75) is 13.8 Å². The van der Waals surface area contributed by atoms with Gasteiger partial charge in [0.15, 0.2) is 10.6 Å². The Kier molecular flexibility index (Phi) is 3.06. The Hall–Kier alpha value is -2.14. The minimum absolute atomic E-state index is 0.260. The van der Waals surface area contributed by atoms with Crippen molar-refractivity contribution in [3.8, 4) is 0 Å². The monoisotopic (exact) mass is 286 g/mol. The number of carbonyl (C=O) groups excluding carboxylic acids is 1. The normalized spacial score (nSPS) is 12.2. The zero-order valence-electron chi connectivity index (χ0n) is 11.5. The van der Waals surface area contributed by atoms with Crippen molar-refractivity contribution >= 4 is 27.5 Å². The summed E-state index contributed by atoms with van der Waals surface area (Å²) in [4.78, 5) is 16.8. The van der Waals surface area contributed by atoms with Gasteiger partial charge in [-0.1, -0.05) is 17.4 Å². The summed E-state index contributed by atoms with van der Waals surface area (Å²) in [5.74, 6) is -0.0955. The molecule has 0 fully saturated rings. The van der Waals surface area contributed by atoms with Crippen LogP contribution < -0.4 is 4.80 Å². The van der Waals surface area contributed by atoms with Gasteiger partial charge in [0.05, 0.1) is 16.5 Å². The van der Waals surface area contributed by atoms with Crippen molar-refractivity contribution < 1.29 is 9.21 Å². The van der Waals surface area contributed by atoms with E-state index in [4.69, 9.17) is 4.42 Å². The van der Waals surface area contributed by atoms with Crippen LogP contribution in [0.4, 0.5) is 0 Å². The predicted octanol–water partition coefficient (Wildman–Crippen LogP) is 3.19. The standard InChI is InChI=1S/C15H14N2O2S/c1-9-7-10(2)13-11(8-9)17(3)15(20-13)16-14(18)12-5-4-6-19-12/h4-8H,1-3H3. The van der Waals surface area contributed by atoms with Gasteiger partial charge >= 0.3 is 5.91 Å². The van der Waals surface area contributed by atoms with Crippen molar-refractivity contribution in [2.24, 2.45) is 12.0 Å². The maximum atomic E-state index is 12.0. The third kappa shape index (κ3) is 2.10. The maximum absolute atomic E-state index is 12.0. The fourth-order valence-electron chi connectivity index (χ4n) is 2.22. The number of thiazole rings is 1. The van der Waals surface area contributed by atoms with Crippen molar-refractivity contribution in [2.75, 3.05) is 0 Å². The molecule has 0 saturated carbocycles. The third-order valence-corrected chi connectivity index (χ3v) is 4.45. The second-order valence-electron chi connectivity index (χ2n) is 4.77. The van der Waals surface area contributed by atoms with Gasteiger partial charge in [0, 0.05) is 7.05 Å². The molecule has 102 valence electrons. The van der Waals surface area contributed by atoms with Crippen molar-refractivity contribution in [3.63, 3.8) is 0 Å². The molecule has 2 aromatic heterocycles. The SMILES string of the molecule is Cc1cc(C)c2sc(=NC(=O)c3ccco3)n(C)c2c1. The number of nitrogens with zero attached hydrogens (tertiary/aromatic N) is 2. The van der Waals surface area contributed by atoms with E-state index < -0.39 is 0 Å². The quantitative estimate of drug-likeness (QED) is 0.689. The summed E-state index contributed by atoms with van der Waals surface area (Å²) in [7, 11) is 1.92. The van der Waals surface area contributed by atoms with E-state index in [9.17, 15) is 4.79 Å². The molecule has 0 bridgehead atoms. The summed E-state index contributed by atoms with van der Waals surface area (Å²) < 4.78 is 8.18. The van der Waals surface area contributed by atoms with Crippen LogP contribution in [0.5, 0.6) is 0 Å². The molecule has 0 radical (unpaired) electrons. The van der Waals surface area contributed by atoms with Crippen LogP contribution in [-0.4, -0.2) is 10.5 Å². The number of furan rings is 1. The van der Waals surface area contributed by atoms with Gasteiger partial charge in [-0.05, 0) is 43.2 Å². The molecule has 1 amide bonds. The number of carbonyl (C=O) groups is 1. The Labute approximate surface area is 120 Å². The summed E-state index contributed by atoms with van der Waals surface area (Å²) in [5.41, 5.74) is 3.50. The molecule has 0 aliphatic heterocycles. The summed E-state index contributed by atoms with van der Waals surface area (Å²) in [6.07, 6.45) is 1.47. The fourth-order valence-corrected chi connectivity index (χ4v) is 3.28. The fraction of sp³-hybridized carbons (Fsp3) is 0.200. The first kappa shape index (κ1) is 12.9. The van der Waals surface area contributed by atoms with Crippen LogP contribution in [0, 0.1) is 13.8 Å². The number of hydrogen-bond acceptors (Lipinski definition) is 3. The van der Waals surface area contributed by atoms with Gasteiger partial charge in [-0.25, -0.2) is 0 Å². The van der Waals surface area contributed by atoms with E-state index in [1.54, 1.807) is 12.1 Å². The van der Waals surface area contributed by atoms with Crippen LogP contribution >= 0.6 is 11.3 Å². The van der Waals surface area contributed by atoms with Gasteiger partial charge in [0.2, 0.25) is 0 Å². The molecule has 1 aromatic carbocycles. The maximum Gasteiger partial charge on any atom is 0.315 e.